The summed E-state index contributed by atoms with van der Waals surface area (Å²) in [5.74, 6) is 0.110. The lowest BCUT2D eigenvalue weighted by Gasteiger charge is -2.39. The first-order valence-electron chi connectivity index (χ1n) is 8.04. The molecule has 0 aliphatic carbocycles. The first-order chi connectivity index (χ1) is 10.0. The normalized spacial score (nSPS) is 28.5. The molecule has 3 aliphatic heterocycles. The Morgan fingerprint density at radius 3 is 2.00 bits per heavy atom. The fourth-order valence-electron chi connectivity index (χ4n) is 3.73. The SMILES string of the molecule is O=C1CC2(CCN(S(=O)(=O)N3CCCCCC3)CC2)CN1. The molecule has 1 N–H and O–H groups in total. The topological polar surface area (TPSA) is 69.7 Å². The average Bonchev–Trinajstić information content (AvgIpc) is 2.70. The van der Waals surface area contributed by atoms with Crippen molar-refractivity contribution < 1.29 is 13.2 Å². The van der Waals surface area contributed by atoms with Crippen molar-refractivity contribution in [3.8, 4) is 0 Å². The summed E-state index contributed by atoms with van der Waals surface area (Å²) in [6.45, 7) is 3.12. The van der Waals surface area contributed by atoms with E-state index in [0.717, 1.165) is 38.5 Å². The first-order valence-corrected chi connectivity index (χ1v) is 9.44. The maximum absolute atomic E-state index is 12.7. The predicted octanol–water partition coefficient (Wildman–Crippen LogP) is 0.709. The molecule has 3 aliphatic rings. The highest BCUT2D eigenvalue weighted by molar-refractivity contribution is 7.86. The summed E-state index contributed by atoms with van der Waals surface area (Å²) in [7, 11) is -3.31. The van der Waals surface area contributed by atoms with Gasteiger partial charge in [-0.05, 0) is 31.1 Å². The third-order valence-corrected chi connectivity index (χ3v) is 7.23. The van der Waals surface area contributed by atoms with Crippen LogP contribution in [0, 0.1) is 5.41 Å². The summed E-state index contributed by atoms with van der Waals surface area (Å²) in [5, 5.41) is 2.89. The average molecular weight is 315 g/mol. The summed E-state index contributed by atoms with van der Waals surface area (Å²) < 4.78 is 28.8. The van der Waals surface area contributed by atoms with Crippen LogP contribution in [-0.4, -0.2) is 55.7 Å². The predicted molar refractivity (Wildman–Crippen MR) is 79.8 cm³/mol. The lowest BCUT2D eigenvalue weighted by atomic mass is 9.78. The van der Waals surface area contributed by atoms with Crippen molar-refractivity contribution in [2.24, 2.45) is 5.41 Å². The van der Waals surface area contributed by atoms with E-state index in [0.29, 0.717) is 39.1 Å². The molecule has 0 radical (unpaired) electrons. The minimum atomic E-state index is -3.31. The second kappa shape index (κ2) is 5.85. The van der Waals surface area contributed by atoms with Crippen LogP contribution in [-0.2, 0) is 15.0 Å². The van der Waals surface area contributed by atoms with E-state index in [9.17, 15) is 13.2 Å². The molecule has 0 unspecified atom stereocenters. The van der Waals surface area contributed by atoms with Gasteiger partial charge in [-0.25, -0.2) is 0 Å². The highest BCUT2D eigenvalue weighted by atomic mass is 32.2. The highest BCUT2D eigenvalue weighted by Gasteiger charge is 2.43. The van der Waals surface area contributed by atoms with Crippen LogP contribution in [0.5, 0.6) is 0 Å². The molecule has 3 fully saturated rings. The van der Waals surface area contributed by atoms with Gasteiger partial charge in [0.15, 0.2) is 0 Å². The Balaban J connectivity index is 1.64. The number of carbonyl (C=O) groups excluding carboxylic acids is 1. The minimum Gasteiger partial charge on any atom is -0.356 e. The molecule has 6 nitrogen and oxygen atoms in total. The molecule has 21 heavy (non-hydrogen) atoms. The first kappa shape index (κ1) is 15.2. The number of piperidine rings is 1. The molecule has 7 heteroatoms. The minimum absolute atomic E-state index is 0.00188. The van der Waals surface area contributed by atoms with E-state index >= 15 is 0 Å². The summed E-state index contributed by atoms with van der Waals surface area (Å²) in [6, 6.07) is 0. The van der Waals surface area contributed by atoms with Gasteiger partial charge in [0.05, 0.1) is 0 Å². The third-order valence-electron chi connectivity index (χ3n) is 5.20. The molecule has 0 bridgehead atoms. The summed E-state index contributed by atoms with van der Waals surface area (Å²) in [4.78, 5) is 11.4. The van der Waals surface area contributed by atoms with Gasteiger partial charge in [0.2, 0.25) is 5.91 Å². The molecule has 0 aromatic heterocycles. The number of nitrogens with zero attached hydrogens (tertiary/aromatic N) is 2. The van der Waals surface area contributed by atoms with Gasteiger partial charge in [-0.15, -0.1) is 0 Å². The van der Waals surface area contributed by atoms with Crippen molar-refractivity contribution in [1.29, 1.82) is 0 Å². The molecule has 3 saturated heterocycles. The van der Waals surface area contributed by atoms with Gasteiger partial charge >= 0.3 is 0 Å². The van der Waals surface area contributed by atoms with E-state index in [-0.39, 0.29) is 11.3 Å². The largest absolute Gasteiger partial charge is 0.356 e. The smallest absolute Gasteiger partial charge is 0.281 e. The van der Waals surface area contributed by atoms with Gasteiger partial charge in [-0.1, -0.05) is 12.8 Å². The Morgan fingerprint density at radius 1 is 0.905 bits per heavy atom. The maximum atomic E-state index is 12.7. The van der Waals surface area contributed by atoms with Crippen molar-refractivity contribution in [2.45, 2.75) is 44.9 Å². The zero-order chi connectivity index (χ0) is 14.9. The Morgan fingerprint density at radius 2 is 1.48 bits per heavy atom. The molecule has 0 atom stereocenters. The van der Waals surface area contributed by atoms with Crippen LogP contribution in [0.4, 0.5) is 0 Å². The number of nitrogens with one attached hydrogen (secondary N) is 1. The van der Waals surface area contributed by atoms with Crippen LogP contribution in [0.15, 0.2) is 0 Å². The van der Waals surface area contributed by atoms with Crippen molar-refractivity contribution in [3.05, 3.63) is 0 Å². The molecule has 0 saturated carbocycles. The van der Waals surface area contributed by atoms with Gasteiger partial charge in [-0.2, -0.15) is 17.0 Å². The zero-order valence-electron chi connectivity index (χ0n) is 12.5. The number of hydrogen-bond acceptors (Lipinski definition) is 3. The fraction of sp³-hybridized carbons (Fsp3) is 0.929. The van der Waals surface area contributed by atoms with Crippen LogP contribution in [0.2, 0.25) is 0 Å². The Hall–Kier alpha value is -0.660. The summed E-state index contributed by atoms with van der Waals surface area (Å²) >= 11 is 0. The molecular weight excluding hydrogens is 290 g/mol. The monoisotopic (exact) mass is 315 g/mol. The van der Waals surface area contributed by atoms with Gasteiger partial charge in [0, 0.05) is 39.1 Å². The standard InChI is InChI=1S/C14H25N3O3S/c18-13-11-14(12-15-13)5-9-17(10-6-14)21(19,20)16-7-3-1-2-4-8-16/h1-12H2,(H,15,18). The van der Waals surface area contributed by atoms with E-state index in [2.05, 4.69) is 5.32 Å². The van der Waals surface area contributed by atoms with Gasteiger partial charge in [0.25, 0.3) is 10.2 Å². The van der Waals surface area contributed by atoms with E-state index in [4.69, 9.17) is 0 Å². The lowest BCUT2D eigenvalue weighted by molar-refractivity contribution is -0.119. The third kappa shape index (κ3) is 3.10. The molecule has 0 aromatic carbocycles. The van der Waals surface area contributed by atoms with Crippen molar-refractivity contribution in [2.75, 3.05) is 32.7 Å². The van der Waals surface area contributed by atoms with Crippen molar-refractivity contribution >= 4 is 16.1 Å². The van der Waals surface area contributed by atoms with Crippen molar-refractivity contribution in [1.82, 2.24) is 13.9 Å². The molecule has 0 aromatic rings. The van der Waals surface area contributed by atoms with Gasteiger partial charge in [0.1, 0.15) is 0 Å². The fourth-order valence-corrected chi connectivity index (χ4v) is 5.42. The maximum Gasteiger partial charge on any atom is 0.281 e. The van der Waals surface area contributed by atoms with Crippen LogP contribution >= 0.6 is 0 Å². The van der Waals surface area contributed by atoms with Crippen molar-refractivity contribution in [3.63, 3.8) is 0 Å². The molecule has 1 amide bonds. The zero-order valence-corrected chi connectivity index (χ0v) is 13.3. The Labute approximate surface area is 127 Å². The Kier molecular flexibility index (Phi) is 4.25. The van der Waals surface area contributed by atoms with Crippen LogP contribution in [0.25, 0.3) is 0 Å². The van der Waals surface area contributed by atoms with Crippen LogP contribution in [0.1, 0.15) is 44.9 Å². The Bertz CT molecular complexity index is 490. The molecule has 3 rings (SSSR count). The molecular formula is C14H25N3O3S. The number of carbonyl (C=O) groups is 1. The second-order valence-electron chi connectivity index (χ2n) is 6.67. The molecule has 120 valence electrons. The van der Waals surface area contributed by atoms with E-state index < -0.39 is 10.2 Å². The highest BCUT2D eigenvalue weighted by Crippen LogP contribution is 2.38. The number of amides is 1. The summed E-state index contributed by atoms with van der Waals surface area (Å²) in [5.41, 5.74) is 0.00188. The summed E-state index contributed by atoms with van der Waals surface area (Å²) in [6.07, 6.45) is 6.33. The van der Waals surface area contributed by atoms with Gasteiger partial charge < -0.3 is 5.32 Å². The van der Waals surface area contributed by atoms with Crippen LogP contribution in [0.3, 0.4) is 0 Å². The lowest BCUT2D eigenvalue weighted by Crippen LogP contribution is -2.50. The number of rotatable bonds is 2. The quantitative estimate of drug-likeness (QED) is 0.816. The molecule has 1 spiro atoms. The molecule has 3 heterocycles. The van der Waals surface area contributed by atoms with Crippen LogP contribution < -0.4 is 5.32 Å². The van der Waals surface area contributed by atoms with E-state index in [1.807, 2.05) is 0 Å². The van der Waals surface area contributed by atoms with E-state index in [1.54, 1.807) is 8.61 Å². The number of hydrogen-bond donors (Lipinski definition) is 1. The second-order valence-corrected chi connectivity index (χ2v) is 8.60. The van der Waals surface area contributed by atoms with E-state index in [1.165, 1.54) is 0 Å². The van der Waals surface area contributed by atoms with Gasteiger partial charge in [-0.3, -0.25) is 4.79 Å².